The number of sulfonamides is 1. The van der Waals surface area contributed by atoms with Crippen LogP contribution in [-0.4, -0.2) is 31.9 Å². The van der Waals surface area contributed by atoms with Gasteiger partial charge in [-0.2, -0.15) is 4.72 Å². The third kappa shape index (κ3) is 5.18. The molecule has 24 heavy (non-hydrogen) atoms. The summed E-state index contributed by atoms with van der Waals surface area (Å²) in [5, 5.41) is 11.2. The van der Waals surface area contributed by atoms with Gasteiger partial charge in [-0.1, -0.05) is 36.4 Å². The van der Waals surface area contributed by atoms with Crippen molar-refractivity contribution in [1.29, 1.82) is 0 Å². The molecular weight excluding hydrogens is 332 g/mol. The highest BCUT2D eigenvalue weighted by atomic mass is 32.2. The molecule has 3 N–H and O–H groups in total. The summed E-state index contributed by atoms with van der Waals surface area (Å²) < 4.78 is 25.9. The van der Waals surface area contributed by atoms with Crippen molar-refractivity contribution in [2.75, 3.05) is 11.9 Å². The summed E-state index contributed by atoms with van der Waals surface area (Å²) >= 11 is 0. The van der Waals surface area contributed by atoms with Crippen LogP contribution in [0.15, 0.2) is 59.5 Å². The van der Waals surface area contributed by atoms with Crippen LogP contribution in [0.5, 0.6) is 0 Å². The van der Waals surface area contributed by atoms with Crippen LogP contribution < -0.4 is 10.0 Å². The Balaban J connectivity index is 2.07. The molecule has 0 radical (unpaired) electrons. The van der Waals surface area contributed by atoms with Crippen molar-refractivity contribution < 1.29 is 23.1 Å². The van der Waals surface area contributed by atoms with Crippen LogP contribution in [-0.2, 0) is 26.0 Å². The molecule has 0 heterocycles. The van der Waals surface area contributed by atoms with E-state index in [-0.39, 0.29) is 17.2 Å². The van der Waals surface area contributed by atoms with Crippen LogP contribution >= 0.6 is 0 Å². The minimum atomic E-state index is -3.95. The van der Waals surface area contributed by atoms with Gasteiger partial charge in [-0.3, -0.25) is 9.59 Å². The van der Waals surface area contributed by atoms with Gasteiger partial charge in [0.1, 0.15) is 6.54 Å². The third-order valence-electron chi connectivity index (χ3n) is 3.05. The fraction of sp³-hybridized carbons (Fsp3) is 0.125. The predicted octanol–water partition coefficient (Wildman–Crippen LogP) is 1.23. The average molecular weight is 348 g/mol. The predicted molar refractivity (Wildman–Crippen MR) is 88.0 cm³/mol. The molecule has 7 nitrogen and oxygen atoms in total. The molecule has 0 fully saturated rings. The van der Waals surface area contributed by atoms with Gasteiger partial charge in [-0.05, 0) is 23.8 Å². The highest BCUT2D eigenvalue weighted by Crippen LogP contribution is 2.15. The van der Waals surface area contributed by atoms with Gasteiger partial charge >= 0.3 is 5.97 Å². The topological polar surface area (TPSA) is 113 Å². The van der Waals surface area contributed by atoms with Gasteiger partial charge in [-0.25, -0.2) is 8.42 Å². The molecule has 126 valence electrons. The first-order valence-electron chi connectivity index (χ1n) is 7.02. The van der Waals surface area contributed by atoms with E-state index in [1.165, 1.54) is 18.2 Å². The van der Waals surface area contributed by atoms with Gasteiger partial charge in [0.2, 0.25) is 15.9 Å². The number of amides is 1. The number of hydrogen-bond donors (Lipinski definition) is 3. The quantitative estimate of drug-likeness (QED) is 0.697. The van der Waals surface area contributed by atoms with E-state index in [9.17, 15) is 18.0 Å². The summed E-state index contributed by atoms with van der Waals surface area (Å²) in [5.41, 5.74) is 1.15. The van der Waals surface area contributed by atoms with Gasteiger partial charge in [0.25, 0.3) is 0 Å². The zero-order valence-corrected chi connectivity index (χ0v) is 13.4. The Morgan fingerprint density at radius 3 is 2.38 bits per heavy atom. The van der Waals surface area contributed by atoms with E-state index in [0.29, 0.717) is 5.69 Å². The summed E-state index contributed by atoms with van der Waals surface area (Å²) in [6.45, 7) is -0.715. The minimum Gasteiger partial charge on any atom is -0.480 e. The van der Waals surface area contributed by atoms with Crippen molar-refractivity contribution >= 4 is 27.6 Å². The summed E-state index contributed by atoms with van der Waals surface area (Å²) in [7, 11) is -3.95. The molecule has 0 saturated carbocycles. The summed E-state index contributed by atoms with van der Waals surface area (Å²) in [5.74, 6) is -1.57. The fourth-order valence-electron chi connectivity index (χ4n) is 1.97. The Kier molecular flexibility index (Phi) is 5.67. The lowest BCUT2D eigenvalue weighted by molar-refractivity contribution is -0.135. The zero-order valence-electron chi connectivity index (χ0n) is 12.6. The molecule has 2 aromatic carbocycles. The molecule has 0 aliphatic heterocycles. The summed E-state index contributed by atoms with van der Waals surface area (Å²) in [6.07, 6.45) is 0.162. The van der Waals surface area contributed by atoms with Crippen LogP contribution in [0, 0.1) is 0 Å². The van der Waals surface area contributed by atoms with E-state index in [2.05, 4.69) is 5.32 Å². The number of aliphatic carboxylic acids is 1. The number of benzene rings is 2. The largest absolute Gasteiger partial charge is 0.480 e. The monoisotopic (exact) mass is 348 g/mol. The molecule has 0 unspecified atom stereocenters. The van der Waals surface area contributed by atoms with Crippen LogP contribution in [0.4, 0.5) is 5.69 Å². The number of carboxylic acid groups (broad SMARTS) is 1. The second-order valence-electron chi connectivity index (χ2n) is 4.96. The number of hydrogen-bond acceptors (Lipinski definition) is 4. The Hall–Kier alpha value is -2.71. The lowest BCUT2D eigenvalue weighted by Crippen LogP contribution is -2.29. The molecule has 0 bridgehead atoms. The van der Waals surface area contributed by atoms with E-state index in [0.717, 1.165) is 5.56 Å². The van der Waals surface area contributed by atoms with Crippen molar-refractivity contribution in [3.63, 3.8) is 0 Å². The zero-order chi connectivity index (χ0) is 17.6. The van der Waals surface area contributed by atoms with E-state index in [4.69, 9.17) is 5.11 Å². The number of anilines is 1. The van der Waals surface area contributed by atoms with E-state index >= 15 is 0 Å². The third-order valence-corrected chi connectivity index (χ3v) is 4.45. The van der Waals surface area contributed by atoms with E-state index < -0.39 is 22.5 Å². The standard InChI is InChI=1S/C16H16N2O5S/c19-15(9-12-5-2-1-3-6-12)18-13-7-4-8-14(10-13)24(22,23)17-11-16(20)21/h1-8,10,17H,9,11H2,(H,18,19)(H,20,21). The highest BCUT2D eigenvalue weighted by molar-refractivity contribution is 7.89. The number of nitrogens with one attached hydrogen (secondary N) is 2. The maximum atomic E-state index is 12.0. The van der Waals surface area contributed by atoms with Gasteiger partial charge < -0.3 is 10.4 Å². The highest BCUT2D eigenvalue weighted by Gasteiger charge is 2.16. The first-order chi connectivity index (χ1) is 11.4. The van der Waals surface area contributed by atoms with Crippen LogP contribution in [0.2, 0.25) is 0 Å². The number of carbonyl (C=O) groups excluding carboxylic acids is 1. The Morgan fingerprint density at radius 2 is 1.71 bits per heavy atom. The second-order valence-corrected chi connectivity index (χ2v) is 6.72. The molecule has 2 aromatic rings. The second kappa shape index (κ2) is 7.71. The molecule has 0 aliphatic rings. The van der Waals surface area contributed by atoms with Crippen LogP contribution in [0.25, 0.3) is 0 Å². The van der Waals surface area contributed by atoms with Crippen molar-refractivity contribution in [2.24, 2.45) is 0 Å². The van der Waals surface area contributed by atoms with Crippen molar-refractivity contribution in [1.82, 2.24) is 4.72 Å². The minimum absolute atomic E-state index is 0.124. The van der Waals surface area contributed by atoms with Gasteiger partial charge in [-0.15, -0.1) is 0 Å². The average Bonchev–Trinajstić information content (AvgIpc) is 2.54. The first-order valence-corrected chi connectivity index (χ1v) is 8.50. The lowest BCUT2D eigenvalue weighted by atomic mass is 10.1. The molecule has 0 spiro atoms. The van der Waals surface area contributed by atoms with Gasteiger partial charge in [0, 0.05) is 5.69 Å². The van der Waals surface area contributed by atoms with Crippen LogP contribution in [0.3, 0.4) is 0 Å². The Morgan fingerprint density at radius 1 is 1.00 bits per heavy atom. The molecule has 2 rings (SSSR count). The number of rotatable bonds is 7. The Bertz CT molecular complexity index is 835. The van der Waals surface area contributed by atoms with E-state index in [1.807, 2.05) is 35.1 Å². The molecule has 8 heteroatoms. The molecule has 0 atom stereocenters. The normalized spacial score (nSPS) is 11.0. The maximum absolute atomic E-state index is 12.0. The van der Waals surface area contributed by atoms with Crippen molar-refractivity contribution in [3.05, 3.63) is 60.2 Å². The first kappa shape index (κ1) is 17.6. The lowest BCUT2D eigenvalue weighted by Gasteiger charge is -2.09. The summed E-state index contributed by atoms with van der Waals surface area (Å²) in [4.78, 5) is 22.4. The smallest absolute Gasteiger partial charge is 0.318 e. The van der Waals surface area contributed by atoms with Gasteiger partial charge in [0.15, 0.2) is 0 Å². The number of carbonyl (C=O) groups is 2. The Labute approximate surface area is 139 Å². The number of carboxylic acids is 1. The molecule has 0 aromatic heterocycles. The fourth-order valence-corrected chi connectivity index (χ4v) is 2.99. The molecular formula is C16H16N2O5S. The van der Waals surface area contributed by atoms with Crippen LogP contribution in [0.1, 0.15) is 5.56 Å². The molecule has 0 saturated heterocycles. The maximum Gasteiger partial charge on any atom is 0.318 e. The molecule has 1 amide bonds. The summed E-state index contributed by atoms with van der Waals surface area (Å²) in [6, 6.07) is 14.7. The van der Waals surface area contributed by atoms with Crippen molar-refractivity contribution in [2.45, 2.75) is 11.3 Å². The molecule has 0 aliphatic carbocycles. The van der Waals surface area contributed by atoms with Crippen molar-refractivity contribution in [3.8, 4) is 0 Å². The SMILES string of the molecule is O=C(O)CNS(=O)(=O)c1cccc(NC(=O)Cc2ccccc2)c1. The van der Waals surface area contributed by atoms with E-state index in [1.54, 1.807) is 6.07 Å². The van der Waals surface area contributed by atoms with Gasteiger partial charge in [0.05, 0.1) is 11.3 Å².